The van der Waals surface area contributed by atoms with E-state index in [1.165, 1.54) is 0 Å². The molecule has 1 fully saturated rings. The Hall–Kier alpha value is -0.910. The zero-order chi connectivity index (χ0) is 10.8. The molecule has 82 valence electrons. The third-order valence-electron chi connectivity index (χ3n) is 2.54. The highest BCUT2D eigenvalue weighted by molar-refractivity contribution is 5.65. The zero-order valence-corrected chi connectivity index (χ0v) is 7.75. The van der Waals surface area contributed by atoms with E-state index in [2.05, 4.69) is 0 Å². The summed E-state index contributed by atoms with van der Waals surface area (Å²) in [6.45, 7) is -0.0450. The topological polar surface area (TPSA) is 66.6 Å². The lowest BCUT2D eigenvalue weighted by atomic mass is 9.91. The number of piperidine rings is 1. The Morgan fingerprint density at radius 2 is 2.29 bits per heavy atom. The summed E-state index contributed by atoms with van der Waals surface area (Å²) >= 11 is 0. The lowest BCUT2D eigenvalue weighted by molar-refractivity contribution is -0.102. The third kappa shape index (κ3) is 2.31. The first-order chi connectivity index (χ1) is 6.47. The van der Waals surface area contributed by atoms with Crippen LogP contribution in [-0.4, -0.2) is 41.7 Å². The van der Waals surface area contributed by atoms with E-state index in [-0.39, 0.29) is 26.1 Å². The number of likely N-dealkylation sites (tertiary alicyclic amines) is 1. The molecule has 0 bridgehead atoms. The summed E-state index contributed by atoms with van der Waals surface area (Å²) in [6.07, 6.45) is -1.37. The number of hydrogen-bond donors (Lipinski definition) is 2. The Labute approximate surface area is 80.7 Å². The average Bonchev–Trinajstić information content (AvgIpc) is 2.08. The van der Waals surface area contributed by atoms with Crippen LogP contribution in [0.3, 0.4) is 0 Å². The van der Waals surface area contributed by atoms with E-state index in [0.29, 0.717) is 0 Å². The first kappa shape index (κ1) is 11.2. The van der Waals surface area contributed by atoms with Gasteiger partial charge >= 0.3 is 6.09 Å². The second kappa shape index (κ2) is 4.08. The number of carboxylic acid groups (broad SMARTS) is 1. The minimum atomic E-state index is -2.77. The summed E-state index contributed by atoms with van der Waals surface area (Å²) in [5.41, 5.74) is 5.20. The van der Waals surface area contributed by atoms with Crippen molar-refractivity contribution in [3.8, 4) is 0 Å². The standard InChI is InChI=1S/C8H14F2N2O2/c9-8(10)2-4-12(7(13)14)5-6(8)1-3-11/h6H,1-5,11H2,(H,13,14). The van der Waals surface area contributed by atoms with Gasteiger partial charge in [0, 0.05) is 25.4 Å². The maximum atomic E-state index is 13.2. The molecule has 4 nitrogen and oxygen atoms in total. The summed E-state index contributed by atoms with van der Waals surface area (Å²) in [5, 5.41) is 8.64. The smallest absolute Gasteiger partial charge is 0.407 e. The lowest BCUT2D eigenvalue weighted by Gasteiger charge is -2.36. The van der Waals surface area contributed by atoms with Gasteiger partial charge in [-0.15, -0.1) is 0 Å². The average molecular weight is 208 g/mol. The summed E-state index contributed by atoms with van der Waals surface area (Å²) < 4.78 is 26.4. The number of rotatable bonds is 2. The second-order valence-electron chi connectivity index (χ2n) is 3.51. The Kier molecular flexibility index (Phi) is 3.25. The third-order valence-corrected chi connectivity index (χ3v) is 2.54. The van der Waals surface area contributed by atoms with Crippen molar-refractivity contribution in [2.45, 2.75) is 18.8 Å². The number of nitrogens with zero attached hydrogens (tertiary/aromatic N) is 1. The van der Waals surface area contributed by atoms with E-state index >= 15 is 0 Å². The van der Waals surface area contributed by atoms with Crippen LogP contribution >= 0.6 is 0 Å². The van der Waals surface area contributed by atoms with Gasteiger partial charge in [-0.3, -0.25) is 0 Å². The number of carbonyl (C=O) groups is 1. The van der Waals surface area contributed by atoms with Crippen LogP contribution in [0.4, 0.5) is 13.6 Å². The van der Waals surface area contributed by atoms with Gasteiger partial charge in [0.2, 0.25) is 0 Å². The van der Waals surface area contributed by atoms with Crippen LogP contribution in [0.15, 0.2) is 0 Å². The van der Waals surface area contributed by atoms with Crippen LogP contribution in [0, 0.1) is 5.92 Å². The maximum absolute atomic E-state index is 13.2. The van der Waals surface area contributed by atoms with Gasteiger partial charge in [-0.1, -0.05) is 0 Å². The van der Waals surface area contributed by atoms with Gasteiger partial charge in [-0.05, 0) is 13.0 Å². The summed E-state index contributed by atoms with van der Waals surface area (Å²) in [4.78, 5) is 11.6. The van der Waals surface area contributed by atoms with Gasteiger partial charge in [0.25, 0.3) is 5.92 Å². The molecule has 1 amide bonds. The molecule has 1 aliphatic heterocycles. The van der Waals surface area contributed by atoms with Crippen molar-refractivity contribution in [1.82, 2.24) is 4.90 Å². The van der Waals surface area contributed by atoms with Gasteiger partial charge in [0.1, 0.15) is 0 Å². The molecule has 14 heavy (non-hydrogen) atoms. The fourth-order valence-corrected chi connectivity index (χ4v) is 1.66. The summed E-state index contributed by atoms with van der Waals surface area (Å²) in [6, 6.07) is 0. The van der Waals surface area contributed by atoms with Crippen molar-refractivity contribution >= 4 is 6.09 Å². The van der Waals surface area contributed by atoms with Crippen molar-refractivity contribution < 1.29 is 18.7 Å². The van der Waals surface area contributed by atoms with Crippen LogP contribution in [0.5, 0.6) is 0 Å². The normalized spacial score (nSPS) is 26.2. The van der Waals surface area contributed by atoms with E-state index in [1.807, 2.05) is 0 Å². The molecule has 0 spiro atoms. The van der Waals surface area contributed by atoms with E-state index in [4.69, 9.17) is 10.8 Å². The van der Waals surface area contributed by atoms with Crippen LogP contribution in [0.2, 0.25) is 0 Å². The number of hydrogen-bond acceptors (Lipinski definition) is 2. The van der Waals surface area contributed by atoms with Crippen molar-refractivity contribution in [3.05, 3.63) is 0 Å². The molecule has 3 N–H and O–H groups in total. The molecule has 0 aromatic carbocycles. The Morgan fingerprint density at radius 3 is 2.79 bits per heavy atom. The molecule has 1 saturated heterocycles. The second-order valence-corrected chi connectivity index (χ2v) is 3.51. The van der Waals surface area contributed by atoms with Gasteiger partial charge in [0.05, 0.1) is 0 Å². The molecule has 0 radical (unpaired) electrons. The van der Waals surface area contributed by atoms with Crippen LogP contribution in [-0.2, 0) is 0 Å². The van der Waals surface area contributed by atoms with Crippen molar-refractivity contribution in [2.75, 3.05) is 19.6 Å². The van der Waals surface area contributed by atoms with Crippen LogP contribution in [0.25, 0.3) is 0 Å². The molecule has 1 unspecified atom stereocenters. The van der Waals surface area contributed by atoms with Crippen molar-refractivity contribution in [3.63, 3.8) is 0 Å². The van der Waals surface area contributed by atoms with E-state index in [1.54, 1.807) is 0 Å². The first-order valence-corrected chi connectivity index (χ1v) is 4.53. The summed E-state index contributed by atoms with van der Waals surface area (Å²) in [7, 11) is 0. The highest BCUT2D eigenvalue weighted by Crippen LogP contribution is 2.35. The molecule has 1 aliphatic rings. The lowest BCUT2D eigenvalue weighted by Crippen LogP contribution is -2.49. The highest BCUT2D eigenvalue weighted by Gasteiger charge is 2.44. The number of alkyl halides is 2. The van der Waals surface area contributed by atoms with E-state index < -0.39 is 24.4 Å². The van der Waals surface area contributed by atoms with Crippen LogP contribution in [0.1, 0.15) is 12.8 Å². The molecule has 0 aromatic rings. The number of halogens is 2. The molecular formula is C8H14F2N2O2. The molecular weight excluding hydrogens is 194 g/mol. The van der Waals surface area contributed by atoms with Crippen molar-refractivity contribution in [2.24, 2.45) is 11.7 Å². The SMILES string of the molecule is NCCC1CN(C(=O)O)CCC1(F)F. The highest BCUT2D eigenvalue weighted by atomic mass is 19.3. The monoisotopic (exact) mass is 208 g/mol. The van der Waals surface area contributed by atoms with Gasteiger partial charge < -0.3 is 15.7 Å². The quantitative estimate of drug-likeness (QED) is 0.710. The zero-order valence-electron chi connectivity index (χ0n) is 7.75. The predicted octanol–water partition coefficient (Wildman–Crippen LogP) is 0.970. The largest absolute Gasteiger partial charge is 0.465 e. The molecule has 0 aromatic heterocycles. The Morgan fingerprint density at radius 1 is 1.64 bits per heavy atom. The van der Waals surface area contributed by atoms with Gasteiger partial charge in [-0.2, -0.15) is 0 Å². The molecule has 0 saturated carbocycles. The molecule has 1 atom stereocenters. The number of nitrogens with two attached hydrogens (primary N) is 1. The van der Waals surface area contributed by atoms with E-state index in [0.717, 1.165) is 4.90 Å². The van der Waals surface area contributed by atoms with E-state index in [9.17, 15) is 13.6 Å². The Bertz CT molecular complexity index is 223. The van der Waals surface area contributed by atoms with Gasteiger partial charge in [-0.25, -0.2) is 13.6 Å². The molecule has 6 heteroatoms. The van der Waals surface area contributed by atoms with Crippen LogP contribution < -0.4 is 5.73 Å². The van der Waals surface area contributed by atoms with Gasteiger partial charge in [0.15, 0.2) is 0 Å². The maximum Gasteiger partial charge on any atom is 0.407 e. The number of amides is 1. The predicted molar refractivity (Wildman–Crippen MR) is 46.3 cm³/mol. The molecule has 1 rings (SSSR count). The molecule has 0 aliphatic carbocycles. The fourth-order valence-electron chi connectivity index (χ4n) is 1.66. The van der Waals surface area contributed by atoms with Crippen molar-refractivity contribution in [1.29, 1.82) is 0 Å². The molecule has 1 heterocycles. The fraction of sp³-hybridized carbons (Fsp3) is 0.875. The Balaban J connectivity index is 2.62. The summed E-state index contributed by atoms with van der Waals surface area (Å²) in [5.74, 6) is -3.71. The minimum absolute atomic E-state index is 0.0938. The first-order valence-electron chi connectivity index (χ1n) is 4.53. The minimum Gasteiger partial charge on any atom is -0.465 e.